The summed E-state index contributed by atoms with van der Waals surface area (Å²) in [6, 6.07) is 11.3. The lowest BCUT2D eigenvalue weighted by atomic mass is 10.0. The Balaban J connectivity index is 1.56. The van der Waals surface area contributed by atoms with Crippen LogP contribution < -0.4 is 10.6 Å². The molecule has 3 aromatic rings. The number of aromatic nitrogens is 3. The molecule has 0 amide bonds. The van der Waals surface area contributed by atoms with Crippen molar-refractivity contribution in [3.05, 3.63) is 66.1 Å². The van der Waals surface area contributed by atoms with Crippen LogP contribution in [0.25, 0.3) is 11.1 Å². The predicted octanol–water partition coefficient (Wildman–Crippen LogP) is 1.85. The van der Waals surface area contributed by atoms with Gasteiger partial charge in [-0.2, -0.15) is 5.10 Å². The van der Waals surface area contributed by atoms with Gasteiger partial charge in [-0.25, -0.2) is 4.98 Å². The van der Waals surface area contributed by atoms with Crippen molar-refractivity contribution in [2.45, 2.75) is 6.04 Å². The van der Waals surface area contributed by atoms with E-state index in [4.69, 9.17) is 5.73 Å². The Labute approximate surface area is 139 Å². The SMILES string of the molecule is NC1CN(c2cc(C(=O)c3ccc(-c4cn[nH]c4)cc3)ccn2)C1. The Kier molecular flexibility index (Phi) is 3.59. The molecular formula is C18H17N5O. The van der Waals surface area contributed by atoms with Crippen LogP contribution >= 0.6 is 0 Å². The van der Waals surface area contributed by atoms with Crippen LogP contribution in [0.1, 0.15) is 15.9 Å². The largest absolute Gasteiger partial charge is 0.353 e. The van der Waals surface area contributed by atoms with E-state index < -0.39 is 0 Å². The van der Waals surface area contributed by atoms with Crippen molar-refractivity contribution in [2.75, 3.05) is 18.0 Å². The van der Waals surface area contributed by atoms with Crippen LogP contribution in [-0.2, 0) is 0 Å². The van der Waals surface area contributed by atoms with Gasteiger partial charge in [-0.3, -0.25) is 9.89 Å². The number of pyridine rings is 1. The molecule has 3 N–H and O–H groups in total. The third kappa shape index (κ3) is 2.68. The number of hydrogen-bond acceptors (Lipinski definition) is 5. The number of nitrogens with two attached hydrogens (primary N) is 1. The summed E-state index contributed by atoms with van der Waals surface area (Å²) in [7, 11) is 0. The molecule has 0 aliphatic carbocycles. The fourth-order valence-corrected chi connectivity index (χ4v) is 2.82. The maximum absolute atomic E-state index is 12.7. The molecule has 1 saturated heterocycles. The predicted molar refractivity (Wildman–Crippen MR) is 91.9 cm³/mol. The third-order valence-electron chi connectivity index (χ3n) is 4.22. The fourth-order valence-electron chi connectivity index (χ4n) is 2.82. The zero-order valence-corrected chi connectivity index (χ0v) is 13.0. The molecule has 1 fully saturated rings. The van der Waals surface area contributed by atoms with Crippen LogP contribution in [0, 0.1) is 0 Å². The van der Waals surface area contributed by atoms with Gasteiger partial charge in [0.15, 0.2) is 5.78 Å². The smallest absolute Gasteiger partial charge is 0.193 e. The molecule has 1 aliphatic heterocycles. The number of nitrogens with zero attached hydrogens (tertiary/aromatic N) is 3. The molecule has 4 rings (SSSR count). The number of nitrogens with one attached hydrogen (secondary N) is 1. The number of ketones is 1. The average Bonchev–Trinajstić information content (AvgIpc) is 3.13. The number of rotatable bonds is 4. The Hall–Kier alpha value is -2.99. The van der Waals surface area contributed by atoms with E-state index in [1.54, 1.807) is 18.5 Å². The summed E-state index contributed by atoms with van der Waals surface area (Å²) in [6.07, 6.45) is 5.25. The molecule has 3 heterocycles. The number of aromatic amines is 1. The molecule has 6 nitrogen and oxygen atoms in total. The zero-order chi connectivity index (χ0) is 16.5. The van der Waals surface area contributed by atoms with Gasteiger partial charge in [0.1, 0.15) is 5.82 Å². The highest BCUT2D eigenvalue weighted by molar-refractivity contribution is 6.09. The molecule has 24 heavy (non-hydrogen) atoms. The van der Waals surface area contributed by atoms with Gasteiger partial charge in [0.05, 0.1) is 6.20 Å². The van der Waals surface area contributed by atoms with E-state index in [0.717, 1.165) is 30.0 Å². The molecule has 0 spiro atoms. The van der Waals surface area contributed by atoms with Crippen LogP contribution in [0.5, 0.6) is 0 Å². The van der Waals surface area contributed by atoms with E-state index in [-0.39, 0.29) is 11.8 Å². The van der Waals surface area contributed by atoms with Crippen molar-refractivity contribution >= 4 is 11.6 Å². The van der Waals surface area contributed by atoms with E-state index in [1.807, 2.05) is 36.5 Å². The molecule has 0 unspecified atom stereocenters. The quantitative estimate of drug-likeness (QED) is 0.717. The normalized spacial score (nSPS) is 14.5. The van der Waals surface area contributed by atoms with E-state index in [0.29, 0.717) is 11.1 Å². The molecule has 0 bridgehead atoms. The monoisotopic (exact) mass is 319 g/mol. The van der Waals surface area contributed by atoms with E-state index in [2.05, 4.69) is 20.1 Å². The number of benzene rings is 1. The minimum atomic E-state index is -0.0118. The lowest BCUT2D eigenvalue weighted by Crippen LogP contribution is -2.56. The summed E-state index contributed by atoms with van der Waals surface area (Å²) in [5.74, 6) is 0.791. The van der Waals surface area contributed by atoms with Crippen molar-refractivity contribution in [1.29, 1.82) is 0 Å². The molecule has 1 aromatic carbocycles. The first kappa shape index (κ1) is 14.6. The Morgan fingerprint density at radius 1 is 1.12 bits per heavy atom. The Bertz CT molecular complexity index is 851. The van der Waals surface area contributed by atoms with Crippen LogP contribution in [0.4, 0.5) is 5.82 Å². The molecule has 0 radical (unpaired) electrons. The van der Waals surface area contributed by atoms with Gasteiger partial charge in [-0.1, -0.05) is 24.3 Å². The summed E-state index contributed by atoms with van der Waals surface area (Å²) >= 11 is 0. The summed E-state index contributed by atoms with van der Waals surface area (Å²) in [6.45, 7) is 1.56. The number of anilines is 1. The maximum Gasteiger partial charge on any atom is 0.193 e. The lowest BCUT2D eigenvalue weighted by molar-refractivity contribution is 0.103. The van der Waals surface area contributed by atoms with Gasteiger partial charge in [-0.15, -0.1) is 0 Å². The highest BCUT2D eigenvalue weighted by atomic mass is 16.1. The van der Waals surface area contributed by atoms with E-state index in [1.165, 1.54) is 0 Å². The Morgan fingerprint density at radius 2 is 1.92 bits per heavy atom. The topological polar surface area (TPSA) is 87.9 Å². The first-order valence-corrected chi connectivity index (χ1v) is 7.81. The first-order chi connectivity index (χ1) is 11.7. The van der Waals surface area contributed by atoms with Crippen molar-refractivity contribution < 1.29 is 4.79 Å². The average molecular weight is 319 g/mol. The van der Waals surface area contributed by atoms with Crippen LogP contribution in [0.15, 0.2) is 55.0 Å². The van der Waals surface area contributed by atoms with Crippen molar-refractivity contribution in [3.63, 3.8) is 0 Å². The molecule has 120 valence electrons. The van der Waals surface area contributed by atoms with Crippen molar-refractivity contribution in [1.82, 2.24) is 15.2 Å². The zero-order valence-electron chi connectivity index (χ0n) is 13.0. The Morgan fingerprint density at radius 3 is 2.58 bits per heavy atom. The van der Waals surface area contributed by atoms with Gasteiger partial charge in [0, 0.05) is 48.2 Å². The second kappa shape index (κ2) is 5.90. The minimum Gasteiger partial charge on any atom is -0.353 e. The van der Waals surface area contributed by atoms with Gasteiger partial charge in [-0.05, 0) is 17.7 Å². The summed E-state index contributed by atoms with van der Waals surface area (Å²) in [4.78, 5) is 19.1. The molecule has 6 heteroatoms. The van der Waals surface area contributed by atoms with E-state index in [9.17, 15) is 4.79 Å². The molecular weight excluding hydrogens is 302 g/mol. The summed E-state index contributed by atoms with van der Waals surface area (Å²) in [5, 5.41) is 6.72. The van der Waals surface area contributed by atoms with Crippen LogP contribution in [0.3, 0.4) is 0 Å². The third-order valence-corrected chi connectivity index (χ3v) is 4.22. The molecule has 2 aromatic heterocycles. The second-order valence-electron chi connectivity index (χ2n) is 5.96. The fraction of sp³-hybridized carbons (Fsp3) is 0.167. The van der Waals surface area contributed by atoms with Gasteiger partial charge >= 0.3 is 0 Å². The van der Waals surface area contributed by atoms with Crippen LogP contribution in [-0.4, -0.2) is 40.1 Å². The van der Waals surface area contributed by atoms with Crippen LogP contribution in [0.2, 0.25) is 0 Å². The first-order valence-electron chi connectivity index (χ1n) is 7.81. The standard InChI is InChI=1S/C18H17N5O/c19-16-10-23(11-16)17-7-14(5-6-20-17)18(24)13-3-1-12(2-4-13)15-8-21-22-9-15/h1-9,16H,10-11,19H2,(H,21,22). The summed E-state index contributed by atoms with van der Waals surface area (Å²) in [5.41, 5.74) is 9.11. The van der Waals surface area contributed by atoms with Gasteiger partial charge < -0.3 is 10.6 Å². The minimum absolute atomic E-state index is 0.0118. The summed E-state index contributed by atoms with van der Waals surface area (Å²) < 4.78 is 0. The van der Waals surface area contributed by atoms with Gasteiger partial charge in [0.2, 0.25) is 0 Å². The number of hydrogen-bond donors (Lipinski definition) is 2. The maximum atomic E-state index is 12.7. The highest BCUT2D eigenvalue weighted by Gasteiger charge is 2.24. The number of carbonyl (C=O) groups is 1. The second-order valence-corrected chi connectivity index (χ2v) is 5.96. The lowest BCUT2D eigenvalue weighted by Gasteiger charge is -2.37. The van der Waals surface area contributed by atoms with Crippen molar-refractivity contribution in [3.8, 4) is 11.1 Å². The van der Waals surface area contributed by atoms with E-state index >= 15 is 0 Å². The molecule has 1 aliphatic rings. The molecule has 0 atom stereocenters. The number of H-pyrrole nitrogens is 1. The van der Waals surface area contributed by atoms with Crippen molar-refractivity contribution in [2.24, 2.45) is 5.73 Å². The van der Waals surface area contributed by atoms with Gasteiger partial charge in [0.25, 0.3) is 0 Å². The highest BCUT2D eigenvalue weighted by Crippen LogP contribution is 2.22. The molecule has 0 saturated carbocycles. The number of carbonyl (C=O) groups excluding carboxylic acids is 1.